The largest absolute Gasteiger partial charge is 0.452 e. The number of ether oxygens (including phenoxy) is 1. The Hall–Kier alpha value is -3.44. The second-order valence-electron chi connectivity index (χ2n) is 6.63. The molecule has 4 aromatic rings. The van der Waals surface area contributed by atoms with Gasteiger partial charge in [0, 0.05) is 18.0 Å². The second kappa shape index (κ2) is 7.53. The topological polar surface area (TPSA) is 69.4 Å². The number of hydrogen-bond donors (Lipinski definition) is 0. The van der Waals surface area contributed by atoms with E-state index >= 15 is 0 Å². The number of esters is 1. The molecule has 2 heterocycles. The number of fused-ring (bicyclic) bond motifs is 1. The molecule has 0 aliphatic heterocycles. The van der Waals surface area contributed by atoms with Crippen LogP contribution in [0.15, 0.2) is 70.1 Å². The van der Waals surface area contributed by atoms with Gasteiger partial charge in [-0.25, -0.2) is 4.79 Å². The summed E-state index contributed by atoms with van der Waals surface area (Å²) in [5.41, 5.74) is 2.54. The Labute approximate surface area is 171 Å². The minimum Gasteiger partial charge on any atom is -0.452 e. The Bertz CT molecular complexity index is 1300. The lowest BCUT2D eigenvalue weighted by molar-refractivity contribution is 0.0731. The van der Waals surface area contributed by atoms with Crippen molar-refractivity contribution >= 4 is 28.5 Å². The van der Waals surface area contributed by atoms with Gasteiger partial charge in [-0.2, -0.15) is 0 Å². The van der Waals surface area contributed by atoms with Crippen molar-refractivity contribution in [3.8, 4) is 17.1 Å². The smallest absolute Gasteiger partial charge is 0.345 e. The number of aromatic nitrogens is 1. The molecule has 5 nitrogen and oxygen atoms in total. The summed E-state index contributed by atoms with van der Waals surface area (Å²) in [6.07, 6.45) is 2.91. The lowest BCUT2D eigenvalue weighted by atomic mass is 10.0. The first-order chi connectivity index (χ1) is 14.0. The minimum atomic E-state index is -0.707. The number of benzene rings is 2. The molecule has 0 bridgehead atoms. The molecule has 144 valence electrons. The Kier molecular flexibility index (Phi) is 4.91. The first-order valence-electron chi connectivity index (χ1n) is 8.91. The summed E-state index contributed by atoms with van der Waals surface area (Å²) in [4.78, 5) is 29.8. The zero-order valence-corrected chi connectivity index (χ0v) is 16.5. The molecule has 0 saturated carbocycles. The number of carbonyl (C=O) groups is 1. The van der Waals surface area contributed by atoms with Crippen LogP contribution in [0.1, 0.15) is 21.5 Å². The zero-order chi connectivity index (χ0) is 20.5. The lowest BCUT2D eigenvalue weighted by Crippen LogP contribution is -2.16. The van der Waals surface area contributed by atoms with Gasteiger partial charge < -0.3 is 9.15 Å². The summed E-state index contributed by atoms with van der Waals surface area (Å²) < 4.78 is 11.5. The van der Waals surface area contributed by atoms with Crippen LogP contribution in [0.5, 0.6) is 5.75 Å². The quantitative estimate of drug-likeness (QED) is 0.430. The highest BCUT2D eigenvalue weighted by Gasteiger charge is 2.23. The molecular formula is C23H16ClNO4. The average Bonchev–Trinajstić information content (AvgIpc) is 2.72. The summed E-state index contributed by atoms with van der Waals surface area (Å²) in [6.45, 7) is 3.83. The first-order valence-corrected chi connectivity index (χ1v) is 9.28. The van der Waals surface area contributed by atoms with Gasteiger partial charge in [-0.3, -0.25) is 9.78 Å². The van der Waals surface area contributed by atoms with Crippen LogP contribution in [-0.4, -0.2) is 11.0 Å². The first kappa shape index (κ1) is 18.9. The van der Waals surface area contributed by atoms with E-state index in [0.29, 0.717) is 21.6 Å². The van der Waals surface area contributed by atoms with Crippen molar-refractivity contribution in [1.29, 1.82) is 0 Å². The van der Waals surface area contributed by atoms with Crippen LogP contribution in [0, 0.1) is 13.8 Å². The normalized spacial score (nSPS) is 10.9. The van der Waals surface area contributed by atoms with Gasteiger partial charge in [-0.1, -0.05) is 23.7 Å². The summed E-state index contributed by atoms with van der Waals surface area (Å²) >= 11 is 6.33. The highest BCUT2D eigenvalue weighted by atomic mass is 35.5. The van der Waals surface area contributed by atoms with Crippen molar-refractivity contribution in [2.75, 3.05) is 0 Å². The summed E-state index contributed by atoms with van der Waals surface area (Å²) in [5, 5.41) is 0.704. The van der Waals surface area contributed by atoms with Crippen molar-refractivity contribution in [3.05, 3.63) is 92.9 Å². The third-order valence-corrected chi connectivity index (χ3v) is 5.01. The van der Waals surface area contributed by atoms with Gasteiger partial charge in [0.2, 0.25) is 11.2 Å². The molecule has 0 aliphatic rings. The molecular weight excluding hydrogens is 390 g/mol. The van der Waals surface area contributed by atoms with E-state index in [0.717, 1.165) is 11.1 Å². The standard InChI is InChI=1S/C23H16ClNO4/c1-13-10-17-19(11-14(13)2)28-21(16-7-3-4-8-18(16)24)22(20(17)26)29-23(27)15-6-5-9-25-12-15/h3-12H,1-2H3. The molecule has 2 aromatic heterocycles. The van der Waals surface area contributed by atoms with Crippen LogP contribution >= 0.6 is 11.6 Å². The number of aryl methyl sites for hydroxylation is 2. The summed E-state index contributed by atoms with van der Waals surface area (Å²) in [6, 6.07) is 13.6. The van der Waals surface area contributed by atoms with E-state index in [-0.39, 0.29) is 17.1 Å². The van der Waals surface area contributed by atoms with Gasteiger partial charge in [0.1, 0.15) is 5.58 Å². The minimum absolute atomic E-state index is 0.105. The van der Waals surface area contributed by atoms with Crippen LogP contribution in [-0.2, 0) is 0 Å². The van der Waals surface area contributed by atoms with Gasteiger partial charge in [0.15, 0.2) is 5.76 Å². The van der Waals surface area contributed by atoms with E-state index in [1.807, 2.05) is 13.8 Å². The Morgan fingerprint density at radius 2 is 1.83 bits per heavy atom. The maximum atomic E-state index is 13.3. The van der Waals surface area contributed by atoms with E-state index in [2.05, 4.69) is 4.98 Å². The van der Waals surface area contributed by atoms with Crippen LogP contribution in [0.2, 0.25) is 5.02 Å². The predicted molar refractivity (Wildman–Crippen MR) is 112 cm³/mol. The Balaban J connectivity index is 1.97. The van der Waals surface area contributed by atoms with Crippen LogP contribution in [0.4, 0.5) is 0 Å². The fraction of sp³-hybridized carbons (Fsp3) is 0.0870. The number of hydrogen-bond acceptors (Lipinski definition) is 5. The molecule has 0 unspecified atom stereocenters. The molecule has 0 radical (unpaired) electrons. The van der Waals surface area contributed by atoms with E-state index in [1.165, 1.54) is 6.20 Å². The van der Waals surface area contributed by atoms with E-state index < -0.39 is 11.4 Å². The predicted octanol–water partition coefficient (Wildman–Crippen LogP) is 5.34. The SMILES string of the molecule is Cc1cc2oc(-c3ccccc3Cl)c(OC(=O)c3cccnc3)c(=O)c2cc1C. The number of carbonyl (C=O) groups excluding carboxylic acids is 1. The average molecular weight is 406 g/mol. The van der Waals surface area contributed by atoms with Gasteiger partial charge >= 0.3 is 5.97 Å². The molecule has 4 rings (SSSR count). The Morgan fingerprint density at radius 1 is 1.07 bits per heavy atom. The van der Waals surface area contributed by atoms with Crippen molar-refractivity contribution < 1.29 is 13.9 Å². The van der Waals surface area contributed by atoms with Gasteiger partial charge in [0.05, 0.1) is 16.0 Å². The molecule has 2 aromatic carbocycles. The highest BCUT2D eigenvalue weighted by molar-refractivity contribution is 6.33. The molecule has 6 heteroatoms. The molecule has 0 atom stereocenters. The number of pyridine rings is 1. The third-order valence-electron chi connectivity index (χ3n) is 4.68. The van der Waals surface area contributed by atoms with Crippen molar-refractivity contribution in [3.63, 3.8) is 0 Å². The zero-order valence-electron chi connectivity index (χ0n) is 15.7. The van der Waals surface area contributed by atoms with Gasteiger partial charge in [-0.15, -0.1) is 0 Å². The molecule has 0 N–H and O–H groups in total. The third kappa shape index (κ3) is 3.52. The van der Waals surface area contributed by atoms with Gasteiger partial charge in [0.25, 0.3) is 0 Å². The van der Waals surface area contributed by atoms with E-state index in [1.54, 1.807) is 54.7 Å². The molecule has 0 aliphatic carbocycles. The van der Waals surface area contributed by atoms with Crippen LogP contribution < -0.4 is 10.2 Å². The van der Waals surface area contributed by atoms with Crippen molar-refractivity contribution in [2.24, 2.45) is 0 Å². The molecule has 0 fully saturated rings. The van der Waals surface area contributed by atoms with Crippen LogP contribution in [0.25, 0.3) is 22.3 Å². The molecule has 0 saturated heterocycles. The Morgan fingerprint density at radius 3 is 2.55 bits per heavy atom. The second-order valence-corrected chi connectivity index (χ2v) is 7.04. The summed E-state index contributed by atoms with van der Waals surface area (Å²) in [5.74, 6) is -0.807. The molecule has 29 heavy (non-hydrogen) atoms. The fourth-order valence-corrected chi connectivity index (χ4v) is 3.21. The highest BCUT2D eigenvalue weighted by Crippen LogP contribution is 2.36. The number of halogens is 1. The lowest BCUT2D eigenvalue weighted by Gasteiger charge is -2.12. The van der Waals surface area contributed by atoms with Crippen LogP contribution in [0.3, 0.4) is 0 Å². The van der Waals surface area contributed by atoms with E-state index in [4.69, 9.17) is 20.8 Å². The van der Waals surface area contributed by atoms with Gasteiger partial charge in [-0.05, 0) is 61.4 Å². The molecule has 0 amide bonds. The maximum absolute atomic E-state index is 13.3. The number of nitrogens with zero attached hydrogens (tertiary/aromatic N) is 1. The fourth-order valence-electron chi connectivity index (χ4n) is 2.98. The van der Waals surface area contributed by atoms with Crippen molar-refractivity contribution in [1.82, 2.24) is 4.98 Å². The maximum Gasteiger partial charge on any atom is 0.345 e. The number of rotatable bonds is 3. The molecule has 0 spiro atoms. The monoisotopic (exact) mass is 405 g/mol. The van der Waals surface area contributed by atoms with Crippen molar-refractivity contribution in [2.45, 2.75) is 13.8 Å². The van der Waals surface area contributed by atoms with E-state index in [9.17, 15) is 9.59 Å². The summed E-state index contributed by atoms with van der Waals surface area (Å²) in [7, 11) is 0.